The van der Waals surface area contributed by atoms with Crippen LogP contribution >= 0.6 is 0 Å². The molecule has 0 amide bonds. The van der Waals surface area contributed by atoms with Gasteiger partial charge in [-0.15, -0.1) is 0 Å². The smallest absolute Gasteiger partial charge is 0.228 e. The van der Waals surface area contributed by atoms with E-state index in [2.05, 4.69) is 51.6 Å². The van der Waals surface area contributed by atoms with Crippen molar-refractivity contribution in [1.29, 1.82) is 0 Å². The number of halogens is 1. The summed E-state index contributed by atoms with van der Waals surface area (Å²) in [6.07, 6.45) is 8.24. The van der Waals surface area contributed by atoms with Crippen LogP contribution in [0.1, 0.15) is 42.5 Å². The monoisotopic (exact) mass is 485 g/mol. The van der Waals surface area contributed by atoms with Crippen molar-refractivity contribution in [1.82, 2.24) is 29.5 Å². The first kappa shape index (κ1) is 22.6. The molecular weight excluding hydrogens is 457 g/mol. The van der Waals surface area contributed by atoms with E-state index >= 15 is 0 Å². The number of anilines is 1. The first-order chi connectivity index (χ1) is 17.6. The van der Waals surface area contributed by atoms with E-state index in [0.717, 1.165) is 31.2 Å². The number of rotatable bonds is 7. The number of H-pyrrole nitrogens is 1. The molecule has 2 atom stereocenters. The molecule has 0 saturated heterocycles. The van der Waals surface area contributed by atoms with Crippen molar-refractivity contribution in [3.8, 4) is 11.4 Å². The van der Waals surface area contributed by atoms with E-state index in [1.54, 1.807) is 17.8 Å². The highest BCUT2D eigenvalue weighted by molar-refractivity contribution is 5.85. The zero-order chi connectivity index (χ0) is 24.6. The van der Waals surface area contributed by atoms with Gasteiger partial charge in [-0.3, -0.25) is 4.98 Å². The van der Waals surface area contributed by atoms with Gasteiger partial charge < -0.3 is 15.0 Å². The number of ether oxygens (including phenoxy) is 1. The largest absolute Gasteiger partial charge is 0.385 e. The summed E-state index contributed by atoms with van der Waals surface area (Å²) in [6, 6.07) is 10.0. The molecule has 1 aliphatic rings. The summed E-state index contributed by atoms with van der Waals surface area (Å²) in [5.74, 6) is 0.776. The van der Waals surface area contributed by atoms with Crippen LogP contribution in [0.4, 0.5) is 10.3 Å². The van der Waals surface area contributed by atoms with E-state index in [1.807, 2.05) is 6.20 Å². The van der Waals surface area contributed by atoms with Crippen LogP contribution in [0.15, 0.2) is 48.9 Å². The first-order valence-corrected chi connectivity index (χ1v) is 12.3. The number of aromatic amines is 1. The molecule has 0 bridgehead atoms. The Hall–Kier alpha value is -3.85. The number of para-hydroxylation sites is 1. The van der Waals surface area contributed by atoms with E-state index in [4.69, 9.17) is 14.7 Å². The van der Waals surface area contributed by atoms with Gasteiger partial charge in [0.1, 0.15) is 5.82 Å². The molecule has 9 heteroatoms. The van der Waals surface area contributed by atoms with Gasteiger partial charge >= 0.3 is 0 Å². The number of aromatic nitrogens is 6. The highest BCUT2D eigenvalue weighted by atomic mass is 19.1. The highest BCUT2D eigenvalue weighted by Crippen LogP contribution is 2.31. The van der Waals surface area contributed by atoms with Crippen LogP contribution in [0.5, 0.6) is 0 Å². The molecule has 1 aromatic carbocycles. The van der Waals surface area contributed by atoms with Gasteiger partial charge in [0.05, 0.1) is 12.4 Å². The number of hydrogen-bond donors (Lipinski definition) is 2. The van der Waals surface area contributed by atoms with E-state index in [1.165, 1.54) is 34.4 Å². The lowest BCUT2D eigenvalue weighted by Gasteiger charge is -2.24. The summed E-state index contributed by atoms with van der Waals surface area (Å²) in [7, 11) is 1.70. The van der Waals surface area contributed by atoms with Crippen LogP contribution in [-0.2, 0) is 17.6 Å². The second-order valence-electron chi connectivity index (χ2n) is 9.49. The Bertz CT molecular complexity index is 1540. The summed E-state index contributed by atoms with van der Waals surface area (Å²) in [4.78, 5) is 17.2. The molecule has 6 rings (SSSR count). The second kappa shape index (κ2) is 9.31. The van der Waals surface area contributed by atoms with Crippen molar-refractivity contribution < 1.29 is 9.13 Å². The Morgan fingerprint density at radius 2 is 2.11 bits per heavy atom. The van der Waals surface area contributed by atoms with Gasteiger partial charge in [0.2, 0.25) is 5.95 Å². The summed E-state index contributed by atoms with van der Waals surface area (Å²) in [6.45, 7) is 2.78. The third kappa shape index (κ3) is 4.09. The molecule has 2 N–H and O–H groups in total. The average Bonchev–Trinajstić information content (AvgIpc) is 3.49. The Balaban J connectivity index is 1.39. The highest BCUT2D eigenvalue weighted by Gasteiger charge is 2.25. The quantitative estimate of drug-likeness (QED) is 0.340. The van der Waals surface area contributed by atoms with Crippen molar-refractivity contribution in [2.24, 2.45) is 0 Å². The molecule has 36 heavy (non-hydrogen) atoms. The zero-order valence-corrected chi connectivity index (χ0v) is 20.3. The van der Waals surface area contributed by atoms with Crippen LogP contribution in [0, 0.1) is 5.82 Å². The number of nitrogens with zero attached hydrogens (tertiary/aromatic N) is 5. The minimum Gasteiger partial charge on any atom is -0.385 e. The Labute approximate surface area is 208 Å². The fourth-order valence-corrected chi connectivity index (χ4v) is 5.12. The fourth-order valence-electron chi connectivity index (χ4n) is 5.12. The number of benzene rings is 1. The van der Waals surface area contributed by atoms with Crippen molar-refractivity contribution in [2.45, 2.75) is 44.6 Å². The summed E-state index contributed by atoms with van der Waals surface area (Å²) < 4.78 is 21.0. The number of fused-ring (bicyclic) bond motifs is 4. The molecule has 0 saturated carbocycles. The van der Waals surface area contributed by atoms with Crippen LogP contribution < -0.4 is 5.32 Å². The van der Waals surface area contributed by atoms with Crippen molar-refractivity contribution in [3.63, 3.8) is 0 Å². The molecule has 184 valence electrons. The summed E-state index contributed by atoms with van der Waals surface area (Å²) in [5, 5.41) is 9.55. The molecule has 8 nitrogen and oxygen atoms in total. The van der Waals surface area contributed by atoms with Crippen molar-refractivity contribution in [2.75, 3.05) is 19.0 Å². The molecule has 5 aromatic rings. The van der Waals surface area contributed by atoms with E-state index in [0.29, 0.717) is 29.6 Å². The molecule has 1 aliphatic carbocycles. The first-order valence-electron chi connectivity index (χ1n) is 12.3. The van der Waals surface area contributed by atoms with E-state index in [9.17, 15) is 4.39 Å². The molecule has 4 aromatic heterocycles. The maximum absolute atomic E-state index is 14.0. The number of pyridine rings is 1. The molecular formula is C27H28FN7O. The Morgan fingerprint density at radius 1 is 1.22 bits per heavy atom. The normalized spacial score (nSPS) is 16.4. The molecule has 0 spiro atoms. The van der Waals surface area contributed by atoms with Gasteiger partial charge in [-0.25, -0.2) is 9.37 Å². The minimum absolute atomic E-state index is 0.173. The molecule has 1 unspecified atom stereocenters. The van der Waals surface area contributed by atoms with Crippen LogP contribution in [-0.4, -0.2) is 49.3 Å². The minimum atomic E-state index is -0.424. The number of hydrogen-bond acceptors (Lipinski definition) is 6. The van der Waals surface area contributed by atoms with E-state index < -0.39 is 5.82 Å². The van der Waals surface area contributed by atoms with Gasteiger partial charge in [0.25, 0.3) is 0 Å². The lowest BCUT2D eigenvalue weighted by molar-refractivity contribution is 0.189. The number of aryl methyl sites for hydroxylation is 1. The Morgan fingerprint density at radius 3 is 2.97 bits per heavy atom. The number of methoxy groups -OCH3 is 1. The van der Waals surface area contributed by atoms with Crippen LogP contribution in [0.25, 0.3) is 27.9 Å². The van der Waals surface area contributed by atoms with Crippen molar-refractivity contribution >= 4 is 22.5 Å². The van der Waals surface area contributed by atoms with Crippen LogP contribution in [0.2, 0.25) is 0 Å². The lowest BCUT2D eigenvalue weighted by Crippen LogP contribution is -2.29. The third-order valence-corrected chi connectivity index (χ3v) is 7.07. The standard InChI is InChI=1S/C27H28FN7O/c1-16(9-10-36-2)22-15-30-35-26(22)33-25(17-11-18(28)14-29-13-17)34-27(35)31-19-7-8-24-21(12-19)20-5-3-4-6-23(20)32-24/h3-6,11,13-16,19,32H,7-10,12H2,1-2H3,(H,31,33,34)/t16-,19?/m1/s1. The third-order valence-electron chi connectivity index (χ3n) is 7.07. The SMILES string of the molecule is COCC[C@@H](C)c1cnn2c(NC3CCc4[nH]c5ccccc5c4C3)nc(-c3cncc(F)c3)nc12. The second-order valence-corrected chi connectivity index (χ2v) is 9.49. The maximum Gasteiger partial charge on any atom is 0.228 e. The van der Waals surface area contributed by atoms with Gasteiger partial charge in [-0.05, 0) is 49.3 Å². The van der Waals surface area contributed by atoms with Gasteiger partial charge in [0.15, 0.2) is 11.5 Å². The van der Waals surface area contributed by atoms with Crippen molar-refractivity contribution in [3.05, 3.63) is 71.6 Å². The average molecular weight is 486 g/mol. The fraction of sp³-hybridized carbons (Fsp3) is 0.333. The lowest BCUT2D eigenvalue weighted by atomic mass is 9.91. The molecule has 0 radical (unpaired) electrons. The predicted octanol–water partition coefficient (Wildman–Crippen LogP) is 4.92. The van der Waals surface area contributed by atoms with Gasteiger partial charge in [-0.1, -0.05) is 25.1 Å². The molecule has 0 fully saturated rings. The van der Waals surface area contributed by atoms with E-state index in [-0.39, 0.29) is 12.0 Å². The van der Waals surface area contributed by atoms with Crippen LogP contribution in [0.3, 0.4) is 0 Å². The number of nitrogens with one attached hydrogen (secondary N) is 2. The van der Waals surface area contributed by atoms with Gasteiger partial charge in [-0.2, -0.15) is 14.6 Å². The van der Waals surface area contributed by atoms with Gasteiger partial charge in [0, 0.05) is 53.7 Å². The maximum atomic E-state index is 14.0. The molecule has 4 heterocycles. The zero-order valence-electron chi connectivity index (χ0n) is 20.3. The summed E-state index contributed by atoms with van der Waals surface area (Å²) >= 11 is 0. The predicted molar refractivity (Wildman–Crippen MR) is 137 cm³/mol. The topological polar surface area (TPSA) is 93.0 Å². The molecule has 0 aliphatic heterocycles. The summed E-state index contributed by atoms with van der Waals surface area (Å²) in [5.41, 5.74) is 6.07. The Kier molecular flexibility index (Phi) is 5.85.